The minimum Gasteiger partial charge on any atom is -0.493 e. The average Bonchev–Trinajstić information content (AvgIpc) is 3.39. The van der Waals surface area contributed by atoms with Crippen LogP contribution in [0.25, 0.3) is 22.6 Å². The van der Waals surface area contributed by atoms with Gasteiger partial charge in [-0.2, -0.15) is 0 Å². The smallest absolute Gasteiger partial charge is 0.237 e. The number of carbonyl (C=O) groups excluding carboxylic acids is 1. The number of hydrogen-bond acceptors (Lipinski definition) is 6. The summed E-state index contributed by atoms with van der Waals surface area (Å²) in [5.41, 5.74) is 2.55. The molecular weight excluding hydrogens is 424 g/mol. The van der Waals surface area contributed by atoms with Gasteiger partial charge in [-0.15, -0.1) is 16.8 Å². The van der Waals surface area contributed by atoms with Gasteiger partial charge in [0.15, 0.2) is 22.2 Å². The normalized spacial score (nSPS) is 12.0. The topological polar surface area (TPSA) is 82.2 Å². The van der Waals surface area contributed by atoms with E-state index in [1.165, 1.54) is 11.8 Å². The Morgan fingerprint density at radius 1 is 1.28 bits per heavy atom. The van der Waals surface area contributed by atoms with Gasteiger partial charge in [-0.25, -0.2) is 0 Å². The monoisotopic (exact) mass is 448 g/mol. The number of ether oxygens (including phenoxy) is 1. The van der Waals surface area contributed by atoms with Crippen molar-refractivity contribution < 1.29 is 13.9 Å². The van der Waals surface area contributed by atoms with E-state index in [2.05, 4.69) is 22.1 Å². The van der Waals surface area contributed by atoms with Crippen molar-refractivity contribution in [1.29, 1.82) is 0 Å². The minimum absolute atomic E-state index is 0.109. The maximum Gasteiger partial charge on any atom is 0.237 e. The summed E-state index contributed by atoms with van der Waals surface area (Å²) in [5, 5.41) is 12.7. The van der Waals surface area contributed by atoms with E-state index < -0.39 is 0 Å². The van der Waals surface area contributed by atoms with Crippen LogP contribution in [0.5, 0.6) is 5.75 Å². The zero-order chi connectivity index (χ0) is 22.7. The third-order valence-electron chi connectivity index (χ3n) is 4.95. The molecule has 1 atom stereocenters. The van der Waals surface area contributed by atoms with Crippen molar-refractivity contribution in [3.8, 4) is 17.3 Å². The summed E-state index contributed by atoms with van der Waals surface area (Å²) in [7, 11) is 1.61. The van der Waals surface area contributed by atoms with Crippen LogP contribution >= 0.6 is 11.8 Å². The van der Waals surface area contributed by atoms with Gasteiger partial charge >= 0.3 is 0 Å². The highest BCUT2D eigenvalue weighted by Crippen LogP contribution is 2.34. The van der Waals surface area contributed by atoms with Gasteiger partial charge in [0.1, 0.15) is 0 Å². The number of carbonyl (C=O) groups is 1. The van der Waals surface area contributed by atoms with Crippen LogP contribution in [0.2, 0.25) is 0 Å². The lowest BCUT2D eigenvalue weighted by Gasteiger charge is -2.12. The molecule has 1 N–H and O–H groups in total. The molecule has 2 aromatic heterocycles. The van der Waals surface area contributed by atoms with Crippen LogP contribution in [0.1, 0.15) is 12.5 Å². The van der Waals surface area contributed by atoms with Crippen molar-refractivity contribution in [2.45, 2.75) is 30.8 Å². The third kappa shape index (κ3) is 4.40. The fourth-order valence-electron chi connectivity index (χ4n) is 3.25. The molecule has 2 aromatic carbocycles. The number of fused-ring (bicyclic) bond motifs is 1. The number of thioether (sulfide) groups is 1. The zero-order valence-corrected chi connectivity index (χ0v) is 19.0. The Morgan fingerprint density at radius 2 is 2.06 bits per heavy atom. The Labute approximate surface area is 190 Å². The van der Waals surface area contributed by atoms with Gasteiger partial charge in [0.2, 0.25) is 11.7 Å². The molecule has 32 heavy (non-hydrogen) atoms. The molecule has 4 aromatic rings. The van der Waals surface area contributed by atoms with Crippen molar-refractivity contribution in [1.82, 2.24) is 14.8 Å². The SMILES string of the molecule is C=CCn1c(SC(C)C(=O)Nc2ccc(C)cc2)nnc1-c1cc2cccc(OC)c2o1. The molecule has 0 saturated carbocycles. The van der Waals surface area contributed by atoms with Crippen molar-refractivity contribution in [2.75, 3.05) is 12.4 Å². The van der Waals surface area contributed by atoms with Gasteiger partial charge < -0.3 is 14.5 Å². The second-order valence-corrected chi connectivity index (χ2v) is 8.62. The van der Waals surface area contributed by atoms with E-state index in [1.54, 1.807) is 13.2 Å². The van der Waals surface area contributed by atoms with Crippen molar-refractivity contribution >= 4 is 34.3 Å². The predicted octanol–water partition coefficient (Wildman–Crippen LogP) is 5.31. The third-order valence-corrected chi connectivity index (χ3v) is 6.03. The number of anilines is 1. The Hall–Kier alpha value is -3.52. The Kier molecular flexibility index (Phi) is 6.32. The fourth-order valence-corrected chi connectivity index (χ4v) is 4.11. The molecule has 0 radical (unpaired) electrons. The molecule has 1 amide bonds. The summed E-state index contributed by atoms with van der Waals surface area (Å²) in [4.78, 5) is 12.7. The second-order valence-electron chi connectivity index (χ2n) is 7.31. The standard InChI is InChI=1S/C24H24N4O3S/c1-5-13-28-22(20-14-17-7-6-8-19(30-4)21(17)31-20)26-27-24(28)32-16(3)23(29)25-18-11-9-15(2)10-12-18/h5-12,14,16H,1,13H2,2-4H3,(H,25,29). The maximum absolute atomic E-state index is 12.7. The molecule has 8 heteroatoms. The second kappa shape index (κ2) is 9.32. The first-order valence-electron chi connectivity index (χ1n) is 10.2. The molecule has 0 spiro atoms. The fraction of sp³-hybridized carbons (Fsp3) is 0.208. The number of hydrogen-bond donors (Lipinski definition) is 1. The molecule has 4 rings (SSSR count). The van der Waals surface area contributed by atoms with Crippen molar-refractivity contribution in [3.63, 3.8) is 0 Å². The van der Waals surface area contributed by atoms with Gasteiger partial charge in [-0.3, -0.25) is 9.36 Å². The first-order valence-corrected chi connectivity index (χ1v) is 11.0. The predicted molar refractivity (Wildman–Crippen MR) is 127 cm³/mol. The molecule has 7 nitrogen and oxygen atoms in total. The lowest BCUT2D eigenvalue weighted by Crippen LogP contribution is -2.23. The number of rotatable bonds is 8. The number of para-hydroxylation sites is 1. The molecule has 0 aliphatic heterocycles. The molecule has 0 bridgehead atoms. The van der Waals surface area contributed by atoms with E-state index in [-0.39, 0.29) is 11.2 Å². The molecule has 0 saturated heterocycles. The van der Waals surface area contributed by atoms with Crippen LogP contribution in [0.4, 0.5) is 5.69 Å². The molecule has 0 fully saturated rings. The highest BCUT2D eigenvalue weighted by atomic mass is 32.2. The molecule has 0 aliphatic carbocycles. The first-order chi connectivity index (χ1) is 15.5. The Bertz CT molecular complexity index is 1260. The largest absolute Gasteiger partial charge is 0.493 e. The molecular formula is C24H24N4O3S. The van der Waals surface area contributed by atoms with Crippen LogP contribution < -0.4 is 10.1 Å². The van der Waals surface area contributed by atoms with Crippen molar-refractivity contribution in [3.05, 3.63) is 66.7 Å². The molecule has 164 valence electrons. The highest BCUT2D eigenvalue weighted by Gasteiger charge is 2.22. The van der Waals surface area contributed by atoms with E-state index in [4.69, 9.17) is 9.15 Å². The highest BCUT2D eigenvalue weighted by molar-refractivity contribution is 8.00. The Morgan fingerprint density at radius 3 is 2.78 bits per heavy atom. The number of methoxy groups -OCH3 is 1. The summed E-state index contributed by atoms with van der Waals surface area (Å²) >= 11 is 1.33. The number of nitrogens with zero attached hydrogens (tertiary/aromatic N) is 3. The summed E-state index contributed by atoms with van der Waals surface area (Å²) in [6.07, 6.45) is 1.76. The van der Waals surface area contributed by atoms with E-state index in [0.717, 1.165) is 16.6 Å². The molecule has 1 unspecified atom stereocenters. The minimum atomic E-state index is -0.382. The zero-order valence-electron chi connectivity index (χ0n) is 18.2. The van der Waals surface area contributed by atoms with E-state index in [1.807, 2.05) is 66.9 Å². The van der Waals surface area contributed by atoms with Gasteiger partial charge in [-0.05, 0) is 38.1 Å². The van der Waals surface area contributed by atoms with Crippen molar-refractivity contribution in [2.24, 2.45) is 0 Å². The quantitative estimate of drug-likeness (QED) is 0.290. The van der Waals surface area contributed by atoms with E-state index in [9.17, 15) is 4.79 Å². The Balaban J connectivity index is 1.58. The maximum atomic E-state index is 12.7. The molecule has 2 heterocycles. The van der Waals surface area contributed by atoms with E-state index >= 15 is 0 Å². The van der Waals surface area contributed by atoms with E-state index in [0.29, 0.717) is 34.6 Å². The number of aryl methyl sites for hydroxylation is 1. The van der Waals surface area contributed by atoms with Crippen LogP contribution in [0.3, 0.4) is 0 Å². The number of nitrogens with one attached hydrogen (secondary N) is 1. The number of furan rings is 1. The number of allylic oxidation sites excluding steroid dienone is 1. The summed E-state index contributed by atoms with van der Waals surface area (Å²) in [6.45, 7) is 8.17. The van der Waals surface area contributed by atoms with Crippen LogP contribution in [0, 0.1) is 6.92 Å². The lowest BCUT2D eigenvalue weighted by atomic mass is 10.2. The van der Waals surface area contributed by atoms with Gasteiger partial charge in [0, 0.05) is 17.6 Å². The first kappa shape index (κ1) is 21.7. The summed E-state index contributed by atoms with van der Waals surface area (Å²) < 4.78 is 13.3. The number of benzene rings is 2. The molecule has 0 aliphatic rings. The lowest BCUT2D eigenvalue weighted by molar-refractivity contribution is -0.115. The van der Waals surface area contributed by atoms with Gasteiger partial charge in [0.25, 0.3) is 0 Å². The van der Waals surface area contributed by atoms with Gasteiger partial charge in [0.05, 0.1) is 12.4 Å². The van der Waals surface area contributed by atoms with Crippen LogP contribution in [0.15, 0.2) is 70.8 Å². The number of amides is 1. The van der Waals surface area contributed by atoms with Crippen LogP contribution in [-0.2, 0) is 11.3 Å². The van der Waals surface area contributed by atoms with Crippen LogP contribution in [-0.4, -0.2) is 33.0 Å². The summed E-state index contributed by atoms with van der Waals surface area (Å²) in [6, 6.07) is 15.3. The average molecular weight is 449 g/mol. The number of aromatic nitrogens is 3. The van der Waals surface area contributed by atoms with Gasteiger partial charge in [-0.1, -0.05) is 47.7 Å². The summed E-state index contributed by atoms with van der Waals surface area (Å²) in [5.74, 6) is 1.68.